The molecule has 0 aliphatic heterocycles. The van der Waals surface area contributed by atoms with E-state index in [-0.39, 0.29) is 17.4 Å². The van der Waals surface area contributed by atoms with Crippen LogP contribution in [0.1, 0.15) is 15.9 Å². The molecule has 0 atom stereocenters. The Morgan fingerprint density at radius 3 is 2.86 bits per heavy atom. The van der Waals surface area contributed by atoms with Crippen LogP contribution in [0.15, 0.2) is 52.0 Å². The first kappa shape index (κ1) is 15.1. The van der Waals surface area contributed by atoms with Crippen molar-refractivity contribution >= 4 is 28.1 Å². The minimum absolute atomic E-state index is 0.0216. The lowest BCUT2D eigenvalue weighted by atomic mass is 10.2. The van der Waals surface area contributed by atoms with E-state index in [1.807, 2.05) is 24.3 Å². The first-order valence-electron chi connectivity index (χ1n) is 6.06. The fraction of sp³-hybridized carbons (Fsp3) is 0.0667. The number of rotatable bonds is 4. The predicted octanol–water partition coefficient (Wildman–Crippen LogP) is 2.93. The van der Waals surface area contributed by atoms with Crippen LogP contribution < -0.4 is 10.2 Å². The number of hydrogen-bond donors (Lipinski definition) is 2. The average molecular weight is 349 g/mol. The molecule has 2 rings (SSSR count). The minimum atomic E-state index is -0.389. The topological polar surface area (TPSA) is 70.9 Å². The lowest BCUT2D eigenvalue weighted by Gasteiger charge is -2.05. The Hall–Kier alpha value is -2.34. The Morgan fingerprint density at radius 1 is 1.33 bits per heavy atom. The highest BCUT2D eigenvalue weighted by molar-refractivity contribution is 9.10. The summed E-state index contributed by atoms with van der Waals surface area (Å²) in [5.41, 5.74) is 3.61. The summed E-state index contributed by atoms with van der Waals surface area (Å²) in [5.74, 6) is -0.176. The molecule has 5 nitrogen and oxygen atoms in total. The molecule has 2 N–H and O–H groups in total. The fourth-order valence-corrected chi connectivity index (χ4v) is 2.05. The number of methoxy groups -OCH3 is 1. The third kappa shape index (κ3) is 4.06. The predicted molar refractivity (Wildman–Crippen MR) is 83.9 cm³/mol. The van der Waals surface area contributed by atoms with Gasteiger partial charge in [0.1, 0.15) is 0 Å². The van der Waals surface area contributed by atoms with E-state index in [0.717, 1.165) is 10.0 Å². The standard InChI is InChI=1S/C15H13BrN2O3/c1-21-14-8-11(5-6-13(14)19)15(20)18-17-9-10-3-2-4-12(16)7-10/h2-9,19H,1H3,(H,18,20)/b17-9+. The van der Waals surface area contributed by atoms with E-state index in [1.54, 1.807) is 6.21 Å². The zero-order valence-electron chi connectivity index (χ0n) is 11.2. The number of phenolic OH excluding ortho intramolecular Hbond substituents is 1. The minimum Gasteiger partial charge on any atom is -0.504 e. The van der Waals surface area contributed by atoms with Gasteiger partial charge >= 0.3 is 0 Å². The molecule has 0 bridgehead atoms. The van der Waals surface area contributed by atoms with Gasteiger partial charge in [-0.1, -0.05) is 28.1 Å². The van der Waals surface area contributed by atoms with E-state index in [0.29, 0.717) is 5.56 Å². The van der Waals surface area contributed by atoms with E-state index in [4.69, 9.17) is 4.74 Å². The molecule has 0 saturated carbocycles. The van der Waals surface area contributed by atoms with Crippen molar-refractivity contribution in [2.24, 2.45) is 5.10 Å². The molecule has 0 aliphatic rings. The third-order valence-electron chi connectivity index (χ3n) is 2.67. The highest BCUT2D eigenvalue weighted by Gasteiger charge is 2.08. The smallest absolute Gasteiger partial charge is 0.271 e. The van der Waals surface area contributed by atoms with Crippen LogP contribution >= 0.6 is 15.9 Å². The molecule has 0 unspecified atom stereocenters. The lowest BCUT2D eigenvalue weighted by molar-refractivity contribution is 0.0955. The van der Waals surface area contributed by atoms with E-state index in [2.05, 4.69) is 26.5 Å². The highest BCUT2D eigenvalue weighted by atomic mass is 79.9. The number of hydrogen-bond acceptors (Lipinski definition) is 4. The maximum atomic E-state index is 11.9. The Bertz CT molecular complexity index is 686. The van der Waals surface area contributed by atoms with Crippen LogP contribution in [0.2, 0.25) is 0 Å². The second-order valence-electron chi connectivity index (χ2n) is 4.14. The Labute approximate surface area is 130 Å². The van der Waals surface area contributed by atoms with Gasteiger partial charge in [-0.2, -0.15) is 5.10 Å². The summed E-state index contributed by atoms with van der Waals surface area (Å²) >= 11 is 3.36. The zero-order chi connectivity index (χ0) is 15.2. The summed E-state index contributed by atoms with van der Waals surface area (Å²) in [6.45, 7) is 0. The fourth-order valence-electron chi connectivity index (χ4n) is 1.64. The van der Waals surface area contributed by atoms with Gasteiger partial charge in [-0.05, 0) is 35.9 Å². The van der Waals surface area contributed by atoms with E-state index >= 15 is 0 Å². The SMILES string of the molecule is COc1cc(C(=O)N/N=C/c2cccc(Br)c2)ccc1O. The summed E-state index contributed by atoms with van der Waals surface area (Å²) < 4.78 is 5.88. The molecule has 21 heavy (non-hydrogen) atoms. The van der Waals surface area contributed by atoms with Gasteiger partial charge in [0, 0.05) is 10.0 Å². The van der Waals surface area contributed by atoms with Crippen molar-refractivity contribution in [1.29, 1.82) is 0 Å². The second kappa shape index (κ2) is 6.90. The molecule has 2 aromatic carbocycles. The summed E-state index contributed by atoms with van der Waals surface area (Å²) in [6.07, 6.45) is 1.54. The van der Waals surface area contributed by atoms with Crippen molar-refractivity contribution in [2.45, 2.75) is 0 Å². The molecule has 0 spiro atoms. The maximum Gasteiger partial charge on any atom is 0.271 e. The molecular formula is C15H13BrN2O3. The lowest BCUT2D eigenvalue weighted by Crippen LogP contribution is -2.17. The number of amides is 1. The van der Waals surface area contributed by atoms with Crippen LogP contribution in [-0.4, -0.2) is 24.3 Å². The molecule has 0 saturated heterocycles. The molecule has 108 valence electrons. The number of carbonyl (C=O) groups excluding carboxylic acids is 1. The van der Waals surface area contributed by atoms with Crippen molar-refractivity contribution in [3.05, 3.63) is 58.1 Å². The van der Waals surface area contributed by atoms with E-state index < -0.39 is 0 Å². The van der Waals surface area contributed by atoms with Crippen molar-refractivity contribution in [2.75, 3.05) is 7.11 Å². The molecule has 2 aromatic rings. The highest BCUT2D eigenvalue weighted by Crippen LogP contribution is 2.26. The van der Waals surface area contributed by atoms with Crippen molar-refractivity contribution in [1.82, 2.24) is 5.43 Å². The molecule has 0 aromatic heterocycles. The van der Waals surface area contributed by atoms with Crippen LogP contribution in [0.4, 0.5) is 0 Å². The van der Waals surface area contributed by atoms with Gasteiger partial charge in [-0.25, -0.2) is 5.43 Å². The van der Waals surface area contributed by atoms with Gasteiger partial charge in [-0.3, -0.25) is 4.79 Å². The number of carbonyl (C=O) groups is 1. The first-order valence-corrected chi connectivity index (χ1v) is 6.85. The van der Waals surface area contributed by atoms with Gasteiger partial charge in [0.05, 0.1) is 13.3 Å². The Morgan fingerprint density at radius 2 is 2.14 bits per heavy atom. The van der Waals surface area contributed by atoms with Gasteiger partial charge in [0.2, 0.25) is 0 Å². The van der Waals surface area contributed by atoms with Crippen LogP contribution in [-0.2, 0) is 0 Å². The van der Waals surface area contributed by atoms with E-state index in [9.17, 15) is 9.90 Å². The molecule has 0 aliphatic carbocycles. The van der Waals surface area contributed by atoms with Gasteiger partial charge in [0.25, 0.3) is 5.91 Å². The van der Waals surface area contributed by atoms with Crippen LogP contribution in [0, 0.1) is 0 Å². The van der Waals surface area contributed by atoms with Crippen molar-refractivity contribution in [3.8, 4) is 11.5 Å². The number of nitrogens with zero attached hydrogens (tertiary/aromatic N) is 1. The maximum absolute atomic E-state index is 11.9. The summed E-state index contributed by atoms with van der Waals surface area (Å²) in [6, 6.07) is 11.8. The Kier molecular flexibility index (Phi) is 4.94. The average Bonchev–Trinajstić information content (AvgIpc) is 2.47. The van der Waals surface area contributed by atoms with Crippen LogP contribution in [0.5, 0.6) is 11.5 Å². The number of halogens is 1. The molecular weight excluding hydrogens is 336 g/mol. The van der Waals surface area contributed by atoms with Crippen LogP contribution in [0.25, 0.3) is 0 Å². The Balaban J connectivity index is 2.05. The quantitative estimate of drug-likeness (QED) is 0.659. The number of aromatic hydroxyl groups is 1. The number of hydrazone groups is 1. The number of ether oxygens (including phenoxy) is 1. The van der Waals surface area contributed by atoms with Gasteiger partial charge in [0.15, 0.2) is 11.5 Å². The number of phenols is 1. The number of benzene rings is 2. The zero-order valence-corrected chi connectivity index (χ0v) is 12.8. The second-order valence-corrected chi connectivity index (χ2v) is 5.06. The van der Waals surface area contributed by atoms with Crippen molar-refractivity contribution < 1.29 is 14.6 Å². The molecule has 0 fully saturated rings. The first-order chi connectivity index (χ1) is 10.1. The molecule has 0 radical (unpaired) electrons. The largest absolute Gasteiger partial charge is 0.504 e. The molecule has 6 heteroatoms. The van der Waals surface area contributed by atoms with Gasteiger partial charge < -0.3 is 9.84 Å². The molecule has 1 amide bonds. The van der Waals surface area contributed by atoms with E-state index in [1.165, 1.54) is 25.3 Å². The normalized spacial score (nSPS) is 10.6. The summed E-state index contributed by atoms with van der Waals surface area (Å²) in [5, 5.41) is 13.4. The van der Waals surface area contributed by atoms with Gasteiger partial charge in [-0.15, -0.1) is 0 Å². The third-order valence-corrected chi connectivity index (χ3v) is 3.16. The van der Waals surface area contributed by atoms with Crippen molar-refractivity contribution in [3.63, 3.8) is 0 Å². The number of nitrogens with one attached hydrogen (secondary N) is 1. The summed E-state index contributed by atoms with van der Waals surface area (Å²) in [7, 11) is 1.42. The van der Waals surface area contributed by atoms with Crippen LogP contribution in [0.3, 0.4) is 0 Å². The monoisotopic (exact) mass is 348 g/mol. The summed E-state index contributed by atoms with van der Waals surface area (Å²) in [4.78, 5) is 11.9. The molecule has 0 heterocycles.